The lowest BCUT2D eigenvalue weighted by molar-refractivity contribution is 0.0456. The first kappa shape index (κ1) is 40.3. The van der Waals surface area contributed by atoms with Crippen molar-refractivity contribution in [3.05, 3.63) is 141 Å². The van der Waals surface area contributed by atoms with E-state index < -0.39 is 5.60 Å². The zero-order valence-electron chi connectivity index (χ0n) is 33.3. The Hall–Kier alpha value is -4.91. The molecule has 2 atom stereocenters. The van der Waals surface area contributed by atoms with E-state index in [0.29, 0.717) is 47.9 Å². The van der Waals surface area contributed by atoms with Crippen LogP contribution in [0.4, 0.5) is 0 Å². The molecule has 1 N–H and O–H groups in total. The SMILES string of the molecule is Cc1c(COc2cc(OCc3cncc(C#N)c3)c(CN3CCCC[C@H]3C)cc2Cl)cccc1-c1cccc(OCCCN2CCC(O)(c3ccccc3)C2)c1C. The largest absolute Gasteiger partial charge is 0.493 e. The van der Waals surface area contributed by atoms with Crippen LogP contribution >= 0.6 is 11.6 Å². The Kier molecular flexibility index (Phi) is 13.1. The highest BCUT2D eigenvalue weighted by Gasteiger charge is 2.37. The summed E-state index contributed by atoms with van der Waals surface area (Å²) in [6.07, 6.45) is 8.50. The zero-order chi connectivity index (χ0) is 39.8. The molecule has 2 aliphatic heterocycles. The fourth-order valence-corrected chi connectivity index (χ4v) is 8.45. The number of likely N-dealkylation sites (tertiary alicyclic amines) is 2. The molecule has 9 heteroatoms. The highest BCUT2D eigenvalue weighted by atomic mass is 35.5. The van der Waals surface area contributed by atoms with E-state index in [-0.39, 0.29) is 6.61 Å². The van der Waals surface area contributed by atoms with Gasteiger partial charge in [-0.3, -0.25) is 14.8 Å². The van der Waals surface area contributed by atoms with Gasteiger partial charge >= 0.3 is 0 Å². The molecule has 1 aromatic heterocycles. The number of aromatic nitrogens is 1. The van der Waals surface area contributed by atoms with Crippen LogP contribution in [0, 0.1) is 25.2 Å². The summed E-state index contributed by atoms with van der Waals surface area (Å²) >= 11 is 6.94. The van der Waals surface area contributed by atoms with Crippen LogP contribution in [0.5, 0.6) is 17.2 Å². The average molecular weight is 785 g/mol. The van der Waals surface area contributed by atoms with Crippen molar-refractivity contribution in [1.82, 2.24) is 14.8 Å². The van der Waals surface area contributed by atoms with Crippen LogP contribution in [0.15, 0.2) is 97.3 Å². The molecule has 4 aromatic carbocycles. The van der Waals surface area contributed by atoms with Gasteiger partial charge in [-0.25, -0.2) is 0 Å². The predicted molar refractivity (Wildman–Crippen MR) is 226 cm³/mol. The lowest BCUT2D eigenvalue weighted by Gasteiger charge is -2.33. The number of piperidine rings is 1. The van der Waals surface area contributed by atoms with E-state index in [1.54, 1.807) is 18.5 Å². The van der Waals surface area contributed by atoms with Crippen LogP contribution in [0.3, 0.4) is 0 Å². The van der Waals surface area contributed by atoms with Gasteiger partial charge < -0.3 is 19.3 Å². The molecule has 5 aromatic rings. The monoisotopic (exact) mass is 784 g/mol. The van der Waals surface area contributed by atoms with Crippen molar-refractivity contribution in [1.29, 1.82) is 5.26 Å². The number of nitriles is 1. The first-order valence-corrected chi connectivity index (χ1v) is 20.6. The fraction of sp³-hybridized carbons (Fsp3) is 0.375. The normalized spacial score (nSPS) is 18.6. The molecule has 2 saturated heterocycles. The molecular formula is C48H53ClN4O4. The average Bonchev–Trinajstić information content (AvgIpc) is 3.62. The molecule has 8 nitrogen and oxygen atoms in total. The number of halogens is 1. The van der Waals surface area contributed by atoms with Crippen molar-refractivity contribution in [2.45, 2.75) is 84.3 Å². The van der Waals surface area contributed by atoms with Crippen molar-refractivity contribution >= 4 is 11.6 Å². The summed E-state index contributed by atoms with van der Waals surface area (Å²) in [4.78, 5) is 9.02. The van der Waals surface area contributed by atoms with Gasteiger partial charge in [0.15, 0.2) is 0 Å². The van der Waals surface area contributed by atoms with Crippen molar-refractivity contribution in [3.63, 3.8) is 0 Å². The van der Waals surface area contributed by atoms with Gasteiger partial charge in [-0.1, -0.05) is 78.7 Å². The molecule has 296 valence electrons. The van der Waals surface area contributed by atoms with Crippen LogP contribution < -0.4 is 14.2 Å². The molecule has 0 amide bonds. The van der Waals surface area contributed by atoms with Gasteiger partial charge in [-0.05, 0) is 105 Å². The van der Waals surface area contributed by atoms with Crippen LogP contribution in [-0.2, 0) is 25.4 Å². The molecule has 3 heterocycles. The number of benzene rings is 4. The molecule has 0 bridgehead atoms. The highest BCUT2D eigenvalue weighted by molar-refractivity contribution is 6.32. The van der Waals surface area contributed by atoms with E-state index in [2.05, 4.69) is 72.0 Å². The van der Waals surface area contributed by atoms with Gasteiger partial charge in [-0.2, -0.15) is 5.26 Å². The lowest BCUT2D eigenvalue weighted by Crippen LogP contribution is -2.36. The van der Waals surface area contributed by atoms with E-state index in [1.165, 1.54) is 19.3 Å². The minimum Gasteiger partial charge on any atom is -0.493 e. The Bertz CT molecular complexity index is 2190. The molecule has 2 fully saturated rings. The lowest BCUT2D eigenvalue weighted by atomic mass is 9.93. The maximum Gasteiger partial charge on any atom is 0.142 e. The summed E-state index contributed by atoms with van der Waals surface area (Å²) in [5, 5.41) is 21.2. The van der Waals surface area contributed by atoms with Gasteiger partial charge in [0.25, 0.3) is 0 Å². The van der Waals surface area contributed by atoms with Crippen LogP contribution in [0.2, 0.25) is 5.02 Å². The number of rotatable bonds is 15. The molecular weight excluding hydrogens is 732 g/mol. The number of ether oxygens (including phenoxy) is 3. The van der Waals surface area contributed by atoms with Gasteiger partial charge in [0.2, 0.25) is 0 Å². The zero-order valence-corrected chi connectivity index (χ0v) is 34.1. The second-order valence-corrected chi connectivity index (χ2v) is 16.0. The number of aliphatic hydroxyl groups is 1. The molecule has 7 rings (SSSR count). The summed E-state index contributed by atoms with van der Waals surface area (Å²) in [5.74, 6) is 2.15. The minimum absolute atomic E-state index is 0.271. The third kappa shape index (κ3) is 9.80. The quantitative estimate of drug-likeness (QED) is 0.105. The molecule has 0 radical (unpaired) electrons. The van der Waals surface area contributed by atoms with Crippen molar-refractivity contribution < 1.29 is 19.3 Å². The van der Waals surface area contributed by atoms with Gasteiger partial charge in [0.05, 0.1) is 17.2 Å². The van der Waals surface area contributed by atoms with E-state index in [1.807, 2.05) is 48.5 Å². The maximum absolute atomic E-state index is 11.2. The van der Waals surface area contributed by atoms with Crippen LogP contribution in [0.25, 0.3) is 11.1 Å². The molecule has 0 spiro atoms. The van der Waals surface area contributed by atoms with Gasteiger partial charge in [0, 0.05) is 61.8 Å². The Morgan fingerprint density at radius 2 is 1.63 bits per heavy atom. The summed E-state index contributed by atoms with van der Waals surface area (Å²) in [6, 6.07) is 30.9. The third-order valence-corrected chi connectivity index (χ3v) is 12.0. The number of hydrogen-bond acceptors (Lipinski definition) is 8. The molecule has 1 unspecified atom stereocenters. The van der Waals surface area contributed by atoms with Crippen LogP contribution in [-0.4, -0.2) is 58.7 Å². The van der Waals surface area contributed by atoms with Crippen molar-refractivity contribution in [3.8, 4) is 34.4 Å². The maximum atomic E-state index is 11.2. The van der Waals surface area contributed by atoms with E-state index in [0.717, 1.165) is 89.3 Å². The molecule has 0 saturated carbocycles. The minimum atomic E-state index is -0.782. The third-order valence-electron chi connectivity index (χ3n) is 11.7. The second kappa shape index (κ2) is 18.6. The van der Waals surface area contributed by atoms with E-state index in [4.69, 9.17) is 25.8 Å². The first-order valence-electron chi connectivity index (χ1n) is 20.2. The number of β-amino-alcohol motifs (C(OH)–C–C–N with tert-alkyl or cyclic N) is 1. The molecule has 57 heavy (non-hydrogen) atoms. The highest BCUT2D eigenvalue weighted by Crippen LogP contribution is 2.38. The van der Waals surface area contributed by atoms with Gasteiger partial charge in [-0.15, -0.1) is 0 Å². The smallest absolute Gasteiger partial charge is 0.142 e. The topological polar surface area (TPSA) is 91.1 Å². The number of hydrogen-bond donors (Lipinski definition) is 1. The van der Waals surface area contributed by atoms with Crippen LogP contribution in [0.1, 0.15) is 78.0 Å². The predicted octanol–water partition coefficient (Wildman–Crippen LogP) is 9.79. The summed E-state index contributed by atoms with van der Waals surface area (Å²) in [7, 11) is 0. The van der Waals surface area contributed by atoms with Crippen molar-refractivity contribution in [2.24, 2.45) is 0 Å². The fourth-order valence-electron chi connectivity index (χ4n) is 8.21. The van der Waals surface area contributed by atoms with Gasteiger partial charge in [0.1, 0.15) is 42.1 Å². The Labute approximate surface area is 342 Å². The Balaban J connectivity index is 1.01. The summed E-state index contributed by atoms with van der Waals surface area (Å²) < 4.78 is 19.2. The second-order valence-electron chi connectivity index (χ2n) is 15.6. The summed E-state index contributed by atoms with van der Waals surface area (Å²) in [5.41, 5.74) is 8.07. The van der Waals surface area contributed by atoms with E-state index in [9.17, 15) is 10.4 Å². The van der Waals surface area contributed by atoms with E-state index >= 15 is 0 Å². The number of nitrogens with zero attached hydrogens (tertiary/aromatic N) is 4. The standard InChI is InChI=1S/C48H53ClN4O4/c1-34-12-7-8-21-53(34)30-40-25-44(49)47(26-46(40)56-31-38-24-37(27-50)28-51-29-38)57-32-39-13-9-16-42(35(39)2)43-17-10-18-45(36(43)3)55-23-11-20-52-22-19-48(54,33-52)41-14-5-4-6-15-41/h4-6,9-10,13-18,24-26,28-29,34,54H,7-8,11-12,19-23,30-33H2,1-3H3/t34-,48?/m1/s1. The Morgan fingerprint density at radius 1 is 0.842 bits per heavy atom. The Morgan fingerprint density at radius 3 is 2.44 bits per heavy atom. The molecule has 2 aliphatic rings. The van der Waals surface area contributed by atoms with Crippen molar-refractivity contribution in [2.75, 3.05) is 32.8 Å². The first-order chi connectivity index (χ1) is 27.7. The molecule has 0 aliphatic carbocycles. The number of pyridine rings is 1. The summed E-state index contributed by atoms with van der Waals surface area (Å²) in [6.45, 7) is 11.9.